The Hall–Kier alpha value is -1.28. The summed E-state index contributed by atoms with van der Waals surface area (Å²) in [4.78, 5) is 41.2. The fourth-order valence-electron chi connectivity index (χ4n) is 5.60. The number of unbranched alkanes of at least 4 members (excludes halogenated alkanes) is 3. The summed E-state index contributed by atoms with van der Waals surface area (Å²) in [6.45, 7) is 5.38. The lowest BCUT2D eigenvalue weighted by atomic mass is 9.66. The highest BCUT2D eigenvalue weighted by Crippen LogP contribution is 2.68. The Morgan fingerprint density at radius 2 is 2.00 bits per heavy atom. The number of aliphatic hydroxyl groups excluding tert-OH is 1. The van der Waals surface area contributed by atoms with Crippen LogP contribution in [0.3, 0.4) is 0 Å². The third-order valence-corrected chi connectivity index (χ3v) is 9.01. The Balaban J connectivity index is 1.90. The van der Waals surface area contributed by atoms with E-state index < -0.39 is 16.7 Å². The second-order valence-electron chi connectivity index (χ2n) is 8.63. The molecule has 0 saturated carbocycles. The number of aliphatic hydroxyl groups is 1. The van der Waals surface area contributed by atoms with Gasteiger partial charge in [-0.3, -0.25) is 14.4 Å². The van der Waals surface area contributed by atoms with E-state index in [1.165, 1.54) is 0 Å². The largest absolute Gasteiger partial charge is 0.396 e. The van der Waals surface area contributed by atoms with Gasteiger partial charge in [0.15, 0.2) is 0 Å². The molecule has 3 amide bonds. The van der Waals surface area contributed by atoms with Crippen LogP contribution in [0.4, 0.5) is 0 Å². The Kier molecular flexibility index (Phi) is 7.14. The van der Waals surface area contributed by atoms with Crippen LogP contribution >= 0.6 is 11.8 Å². The molecular formula is C21H35N3O4S. The minimum atomic E-state index is -0.542. The van der Waals surface area contributed by atoms with Gasteiger partial charge in [0.2, 0.25) is 17.7 Å². The second kappa shape index (κ2) is 9.25. The van der Waals surface area contributed by atoms with Crippen LogP contribution in [0.5, 0.6) is 0 Å². The molecule has 0 aliphatic carbocycles. The lowest BCUT2D eigenvalue weighted by molar-refractivity contribution is -0.140. The number of carbonyl (C=O) groups excluding carboxylic acids is 3. The Labute approximate surface area is 177 Å². The van der Waals surface area contributed by atoms with E-state index in [9.17, 15) is 14.4 Å². The lowest BCUT2D eigenvalue weighted by Crippen LogP contribution is -2.56. The summed E-state index contributed by atoms with van der Waals surface area (Å²) < 4.78 is -0.535. The van der Waals surface area contributed by atoms with Gasteiger partial charge in [0.1, 0.15) is 6.04 Å². The lowest BCUT2D eigenvalue weighted by Gasteiger charge is -2.38. The van der Waals surface area contributed by atoms with Crippen molar-refractivity contribution >= 4 is 29.5 Å². The van der Waals surface area contributed by atoms with Crippen molar-refractivity contribution < 1.29 is 19.5 Å². The van der Waals surface area contributed by atoms with Crippen molar-refractivity contribution in [3.8, 4) is 0 Å². The third-order valence-electron chi connectivity index (χ3n) is 6.93. The predicted molar refractivity (Wildman–Crippen MR) is 113 cm³/mol. The first-order chi connectivity index (χ1) is 13.9. The van der Waals surface area contributed by atoms with Crippen molar-refractivity contribution in [2.45, 2.75) is 68.4 Å². The van der Waals surface area contributed by atoms with E-state index in [4.69, 9.17) is 5.11 Å². The first-order valence-corrected chi connectivity index (χ1v) is 11.9. The Morgan fingerprint density at radius 3 is 2.66 bits per heavy atom. The molecular weight excluding hydrogens is 390 g/mol. The molecule has 164 valence electrons. The molecule has 3 aliphatic rings. The molecule has 3 aliphatic heterocycles. The fraction of sp³-hybridized carbons (Fsp3) is 0.857. The topological polar surface area (TPSA) is 98.7 Å². The highest BCUT2D eigenvalue weighted by molar-refractivity contribution is 8.02. The average molecular weight is 426 g/mol. The zero-order valence-electron chi connectivity index (χ0n) is 17.8. The number of carbonyl (C=O) groups is 3. The standard InChI is InChI=1S/C21H35N3O4S/c1-4-5-6-9-23-19(27)17-21-13(2)12-14(29-21)15(18(26)22-3)16(21)20(28)24(17)10-7-8-11-25/h13-17,25H,4-12H2,1-3H3,(H,22,26)(H,23,27)/t13?,14-,15+,16+,17?,21?/m1/s1. The van der Waals surface area contributed by atoms with E-state index in [1.807, 2.05) is 0 Å². The second-order valence-corrected chi connectivity index (χ2v) is 10.2. The number of likely N-dealkylation sites (tertiary alicyclic amines) is 1. The van der Waals surface area contributed by atoms with Crippen LogP contribution in [0.1, 0.15) is 52.4 Å². The molecule has 6 atom stereocenters. The molecule has 3 N–H and O–H groups in total. The molecule has 29 heavy (non-hydrogen) atoms. The normalized spacial score (nSPS) is 35.1. The van der Waals surface area contributed by atoms with Gasteiger partial charge in [-0.15, -0.1) is 11.8 Å². The number of hydrogen-bond donors (Lipinski definition) is 3. The molecule has 0 aromatic heterocycles. The summed E-state index contributed by atoms with van der Waals surface area (Å²) in [7, 11) is 1.62. The van der Waals surface area contributed by atoms with Crippen molar-refractivity contribution in [3.63, 3.8) is 0 Å². The highest BCUT2D eigenvalue weighted by Gasteiger charge is 2.75. The first-order valence-electron chi connectivity index (χ1n) is 11.0. The average Bonchev–Trinajstić information content (AvgIpc) is 3.29. The SMILES string of the molecule is CCCCCNC(=O)C1N(CCCCO)C(=O)[C@@H]2[C@@H](C(=O)NC)[C@H]3CC(C)C12S3. The Morgan fingerprint density at radius 1 is 1.24 bits per heavy atom. The van der Waals surface area contributed by atoms with Gasteiger partial charge in [-0.25, -0.2) is 0 Å². The first kappa shape index (κ1) is 22.4. The maximum atomic E-state index is 13.5. The van der Waals surface area contributed by atoms with Crippen molar-refractivity contribution in [2.24, 2.45) is 17.8 Å². The van der Waals surface area contributed by atoms with Crippen molar-refractivity contribution in [1.82, 2.24) is 15.5 Å². The molecule has 0 aromatic rings. The van der Waals surface area contributed by atoms with Crippen LogP contribution < -0.4 is 10.6 Å². The zero-order chi connectivity index (χ0) is 21.2. The molecule has 1 spiro atoms. The summed E-state index contributed by atoms with van der Waals surface area (Å²) in [5.41, 5.74) is 0. The van der Waals surface area contributed by atoms with Crippen molar-refractivity contribution in [2.75, 3.05) is 26.7 Å². The number of fused-ring (bicyclic) bond motifs is 1. The summed E-state index contributed by atoms with van der Waals surface area (Å²) in [6.07, 6.45) is 5.17. The smallest absolute Gasteiger partial charge is 0.244 e. The van der Waals surface area contributed by atoms with Gasteiger partial charge in [0, 0.05) is 32.0 Å². The Bertz CT molecular complexity index is 645. The summed E-state index contributed by atoms with van der Waals surface area (Å²) in [5, 5.41) is 15.1. The minimum absolute atomic E-state index is 0.0632. The van der Waals surface area contributed by atoms with E-state index in [1.54, 1.807) is 23.7 Å². The molecule has 2 bridgehead atoms. The maximum absolute atomic E-state index is 13.5. The van der Waals surface area contributed by atoms with E-state index in [0.29, 0.717) is 25.9 Å². The molecule has 0 aromatic carbocycles. The summed E-state index contributed by atoms with van der Waals surface area (Å²) in [6, 6.07) is -0.542. The van der Waals surface area contributed by atoms with Crippen molar-refractivity contribution in [1.29, 1.82) is 0 Å². The minimum Gasteiger partial charge on any atom is -0.396 e. The number of nitrogens with zero attached hydrogens (tertiary/aromatic N) is 1. The van der Waals surface area contributed by atoms with Crippen LogP contribution in [0, 0.1) is 17.8 Å². The van der Waals surface area contributed by atoms with E-state index in [0.717, 1.165) is 25.7 Å². The number of rotatable bonds is 10. The number of hydrogen-bond acceptors (Lipinski definition) is 5. The number of amides is 3. The molecule has 3 saturated heterocycles. The molecule has 8 heteroatoms. The van der Waals surface area contributed by atoms with Crippen LogP contribution in [-0.2, 0) is 14.4 Å². The molecule has 0 radical (unpaired) electrons. The quantitative estimate of drug-likeness (QED) is 0.456. The predicted octanol–water partition coefficient (Wildman–Crippen LogP) is 1.15. The van der Waals surface area contributed by atoms with Crippen LogP contribution in [-0.4, -0.2) is 70.5 Å². The molecule has 3 unspecified atom stereocenters. The van der Waals surface area contributed by atoms with Gasteiger partial charge in [-0.05, 0) is 31.6 Å². The van der Waals surface area contributed by atoms with Gasteiger partial charge in [-0.2, -0.15) is 0 Å². The fourth-order valence-corrected chi connectivity index (χ4v) is 8.03. The van der Waals surface area contributed by atoms with E-state index in [2.05, 4.69) is 24.5 Å². The van der Waals surface area contributed by atoms with Crippen LogP contribution in [0.25, 0.3) is 0 Å². The highest BCUT2D eigenvalue weighted by atomic mass is 32.2. The third kappa shape index (κ3) is 3.67. The van der Waals surface area contributed by atoms with Gasteiger partial charge >= 0.3 is 0 Å². The van der Waals surface area contributed by atoms with Gasteiger partial charge < -0.3 is 20.6 Å². The summed E-state index contributed by atoms with van der Waals surface area (Å²) >= 11 is 1.70. The number of nitrogens with one attached hydrogen (secondary N) is 2. The van der Waals surface area contributed by atoms with Gasteiger partial charge in [0.25, 0.3) is 0 Å². The van der Waals surface area contributed by atoms with Crippen LogP contribution in [0.15, 0.2) is 0 Å². The molecule has 7 nitrogen and oxygen atoms in total. The summed E-state index contributed by atoms with van der Waals surface area (Å²) in [5.74, 6) is -0.852. The van der Waals surface area contributed by atoms with Gasteiger partial charge in [-0.1, -0.05) is 26.7 Å². The molecule has 3 fully saturated rings. The monoisotopic (exact) mass is 425 g/mol. The van der Waals surface area contributed by atoms with E-state index in [-0.39, 0.29) is 41.4 Å². The van der Waals surface area contributed by atoms with E-state index >= 15 is 0 Å². The maximum Gasteiger partial charge on any atom is 0.244 e. The zero-order valence-corrected chi connectivity index (χ0v) is 18.6. The van der Waals surface area contributed by atoms with Crippen LogP contribution in [0.2, 0.25) is 0 Å². The molecule has 3 rings (SSSR count). The van der Waals surface area contributed by atoms with Gasteiger partial charge in [0.05, 0.1) is 16.6 Å². The molecule has 3 heterocycles. The van der Waals surface area contributed by atoms with Crippen molar-refractivity contribution in [3.05, 3.63) is 0 Å². The number of thioether (sulfide) groups is 1.